The number of amides is 1. The number of anilines is 1. The molecule has 0 radical (unpaired) electrons. The summed E-state index contributed by atoms with van der Waals surface area (Å²) in [7, 11) is 2.77. The maximum atomic E-state index is 13.5. The van der Waals surface area contributed by atoms with Crippen molar-refractivity contribution in [2.75, 3.05) is 11.9 Å². The van der Waals surface area contributed by atoms with E-state index in [1.165, 1.54) is 37.0 Å². The molecule has 3 aromatic rings. The highest BCUT2D eigenvalue weighted by atomic mass is 35.5. The van der Waals surface area contributed by atoms with Crippen LogP contribution >= 0.6 is 11.6 Å². The summed E-state index contributed by atoms with van der Waals surface area (Å²) in [4.78, 5) is 38.3. The molecule has 0 aliphatic carbocycles. The molecule has 0 bridgehead atoms. The van der Waals surface area contributed by atoms with Crippen molar-refractivity contribution in [2.24, 2.45) is 7.05 Å². The first kappa shape index (κ1) is 24.2. The maximum absolute atomic E-state index is 13.5. The third kappa shape index (κ3) is 4.81. The lowest BCUT2D eigenvalue weighted by atomic mass is 9.88. The Hall–Kier alpha value is -3.49. The highest BCUT2D eigenvalue weighted by Crippen LogP contribution is 2.36. The van der Waals surface area contributed by atoms with Crippen LogP contribution in [-0.2, 0) is 12.6 Å². The molecule has 0 saturated carbocycles. The lowest BCUT2D eigenvalue weighted by Crippen LogP contribution is -2.27. The van der Waals surface area contributed by atoms with E-state index in [0.29, 0.717) is 5.56 Å². The third-order valence-electron chi connectivity index (χ3n) is 5.29. The molecule has 1 aromatic heterocycles. The summed E-state index contributed by atoms with van der Waals surface area (Å²) >= 11 is 6.11. The summed E-state index contributed by atoms with van der Waals surface area (Å²) in [6.45, 7) is 3.13. The molecule has 0 aliphatic rings. The van der Waals surface area contributed by atoms with Crippen LogP contribution in [0, 0.1) is 5.82 Å². The van der Waals surface area contributed by atoms with E-state index in [1.807, 2.05) is 0 Å². The fourth-order valence-electron chi connectivity index (χ4n) is 3.37. The number of pyridine rings is 1. The molecule has 0 atom stereocenters. The van der Waals surface area contributed by atoms with E-state index >= 15 is 0 Å². The number of rotatable bonds is 5. The standard InChI is InChI=1S/C24H22ClFN2O5/c1-24(2,33)13-5-7-15(22(30)16-8-6-14(26)10-19(16)25)17(9-13)18-12-27(3)21(29)11-20(18)28(4)23(31)32/h5-12,33H,1-4H3,(H,31,32). The molecule has 172 valence electrons. The van der Waals surface area contributed by atoms with Gasteiger partial charge < -0.3 is 14.8 Å². The molecule has 7 nitrogen and oxygen atoms in total. The van der Waals surface area contributed by atoms with Crippen LogP contribution in [0.25, 0.3) is 11.1 Å². The minimum absolute atomic E-state index is 0.0493. The van der Waals surface area contributed by atoms with Gasteiger partial charge in [-0.3, -0.25) is 14.5 Å². The number of aryl methyl sites for hydroxylation is 1. The van der Waals surface area contributed by atoms with Gasteiger partial charge in [0, 0.05) is 43.0 Å². The Morgan fingerprint density at radius 1 is 1.06 bits per heavy atom. The van der Waals surface area contributed by atoms with Crippen LogP contribution in [-0.4, -0.2) is 33.7 Å². The molecule has 33 heavy (non-hydrogen) atoms. The molecule has 2 N–H and O–H groups in total. The lowest BCUT2D eigenvalue weighted by Gasteiger charge is -2.23. The van der Waals surface area contributed by atoms with Gasteiger partial charge in [0.15, 0.2) is 5.78 Å². The average molecular weight is 473 g/mol. The second-order valence-corrected chi connectivity index (χ2v) is 8.54. The van der Waals surface area contributed by atoms with Crippen molar-refractivity contribution in [2.45, 2.75) is 19.4 Å². The number of aliphatic hydroxyl groups is 1. The van der Waals surface area contributed by atoms with Crippen LogP contribution in [0.15, 0.2) is 53.5 Å². The number of ketones is 1. The van der Waals surface area contributed by atoms with Crippen molar-refractivity contribution >= 4 is 29.2 Å². The normalized spacial score (nSPS) is 11.4. The van der Waals surface area contributed by atoms with Gasteiger partial charge in [-0.25, -0.2) is 9.18 Å². The molecule has 1 amide bonds. The van der Waals surface area contributed by atoms with Crippen molar-refractivity contribution in [1.29, 1.82) is 0 Å². The quantitative estimate of drug-likeness (QED) is 0.535. The third-order valence-corrected chi connectivity index (χ3v) is 5.60. The van der Waals surface area contributed by atoms with Crippen molar-refractivity contribution in [1.82, 2.24) is 4.57 Å². The number of aromatic nitrogens is 1. The molecule has 1 heterocycles. The van der Waals surface area contributed by atoms with E-state index in [4.69, 9.17) is 11.6 Å². The van der Waals surface area contributed by atoms with Crippen LogP contribution < -0.4 is 10.5 Å². The zero-order chi connectivity index (χ0) is 24.7. The first-order valence-electron chi connectivity index (χ1n) is 9.85. The van der Waals surface area contributed by atoms with Crippen molar-refractivity contribution in [3.63, 3.8) is 0 Å². The first-order chi connectivity index (χ1) is 15.3. The number of carbonyl (C=O) groups excluding carboxylic acids is 1. The van der Waals surface area contributed by atoms with E-state index in [2.05, 4.69) is 0 Å². The second kappa shape index (κ2) is 8.80. The van der Waals surface area contributed by atoms with Gasteiger partial charge in [0.05, 0.1) is 16.3 Å². The van der Waals surface area contributed by atoms with Gasteiger partial charge in [0.25, 0.3) is 5.56 Å². The van der Waals surface area contributed by atoms with E-state index < -0.39 is 28.9 Å². The highest BCUT2D eigenvalue weighted by molar-refractivity contribution is 6.35. The Kier molecular flexibility index (Phi) is 6.44. The maximum Gasteiger partial charge on any atom is 0.411 e. The lowest BCUT2D eigenvalue weighted by molar-refractivity contribution is 0.0785. The molecule has 0 fully saturated rings. The Morgan fingerprint density at radius 2 is 1.70 bits per heavy atom. The van der Waals surface area contributed by atoms with Gasteiger partial charge >= 0.3 is 6.09 Å². The molecular weight excluding hydrogens is 451 g/mol. The topological polar surface area (TPSA) is 99.8 Å². The number of halogens is 2. The Morgan fingerprint density at radius 3 is 2.27 bits per heavy atom. The molecule has 2 aromatic carbocycles. The summed E-state index contributed by atoms with van der Waals surface area (Å²) in [5.74, 6) is -1.13. The summed E-state index contributed by atoms with van der Waals surface area (Å²) in [6.07, 6.45) is 0.113. The van der Waals surface area contributed by atoms with Gasteiger partial charge in [0.2, 0.25) is 0 Å². The summed E-state index contributed by atoms with van der Waals surface area (Å²) in [6, 6.07) is 9.16. The summed E-state index contributed by atoms with van der Waals surface area (Å²) in [5.41, 5.74) is -0.481. The SMILES string of the molecule is CN(C(=O)O)c1cc(=O)n(C)cc1-c1cc(C(C)(C)O)ccc1C(=O)c1ccc(F)cc1Cl. The van der Waals surface area contributed by atoms with Crippen LogP contribution in [0.4, 0.5) is 14.9 Å². The van der Waals surface area contributed by atoms with Crippen molar-refractivity contribution < 1.29 is 24.2 Å². The fourth-order valence-corrected chi connectivity index (χ4v) is 3.63. The van der Waals surface area contributed by atoms with Crippen LogP contribution in [0.1, 0.15) is 35.3 Å². The van der Waals surface area contributed by atoms with E-state index in [0.717, 1.165) is 23.1 Å². The minimum Gasteiger partial charge on any atom is -0.465 e. The Balaban J connectivity index is 2.37. The predicted molar refractivity (Wildman–Crippen MR) is 124 cm³/mol. The smallest absolute Gasteiger partial charge is 0.411 e. The first-order valence-corrected chi connectivity index (χ1v) is 10.2. The Bertz CT molecular complexity index is 1330. The summed E-state index contributed by atoms with van der Waals surface area (Å²) in [5, 5.41) is 20.0. The molecule has 0 aliphatic heterocycles. The van der Waals surface area contributed by atoms with Gasteiger partial charge in [0.1, 0.15) is 5.82 Å². The molecule has 0 saturated heterocycles. The van der Waals surface area contributed by atoms with Gasteiger partial charge in [-0.1, -0.05) is 23.7 Å². The van der Waals surface area contributed by atoms with Gasteiger partial charge in [-0.15, -0.1) is 0 Å². The van der Waals surface area contributed by atoms with Crippen LogP contribution in [0.5, 0.6) is 0 Å². The molecular formula is C24H22ClFN2O5. The zero-order valence-electron chi connectivity index (χ0n) is 18.4. The Labute approximate surface area is 194 Å². The number of hydrogen-bond acceptors (Lipinski definition) is 4. The second-order valence-electron chi connectivity index (χ2n) is 8.14. The number of benzene rings is 2. The fraction of sp³-hybridized carbons (Fsp3) is 0.208. The van der Waals surface area contributed by atoms with Crippen LogP contribution in [0.2, 0.25) is 5.02 Å². The number of nitrogens with zero attached hydrogens (tertiary/aromatic N) is 2. The largest absolute Gasteiger partial charge is 0.465 e. The molecule has 9 heteroatoms. The molecule has 0 spiro atoms. The van der Waals surface area contributed by atoms with Crippen molar-refractivity contribution in [3.05, 3.63) is 86.5 Å². The highest BCUT2D eigenvalue weighted by Gasteiger charge is 2.25. The van der Waals surface area contributed by atoms with Gasteiger partial charge in [-0.2, -0.15) is 0 Å². The predicted octanol–water partition coefficient (Wildman–Crippen LogP) is 4.42. The van der Waals surface area contributed by atoms with Crippen molar-refractivity contribution in [3.8, 4) is 11.1 Å². The number of carboxylic acid groups (broad SMARTS) is 1. The van der Waals surface area contributed by atoms with Crippen LogP contribution in [0.3, 0.4) is 0 Å². The summed E-state index contributed by atoms with van der Waals surface area (Å²) < 4.78 is 14.8. The van der Waals surface area contributed by atoms with Gasteiger partial charge in [-0.05, 0) is 49.2 Å². The van der Waals surface area contributed by atoms with E-state index in [9.17, 15) is 29.0 Å². The number of carbonyl (C=O) groups is 2. The zero-order valence-corrected chi connectivity index (χ0v) is 19.1. The average Bonchev–Trinajstić information content (AvgIpc) is 2.73. The molecule has 0 unspecified atom stereocenters. The van der Waals surface area contributed by atoms with E-state index in [-0.39, 0.29) is 33.0 Å². The molecule has 3 rings (SSSR count). The number of hydrogen-bond donors (Lipinski definition) is 2. The van der Waals surface area contributed by atoms with E-state index in [1.54, 1.807) is 26.0 Å². The minimum atomic E-state index is -1.31. The monoisotopic (exact) mass is 472 g/mol.